The van der Waals surface area contributed by atoms with E-state index in [-0.39, 0.29) is 24.4 Å². The van der Waals surface area contributed by atoms with Crippen LogP contribution in [0.2, 0.25) is 0 Å². The quantitative estimate of drug-likeness (QED) is 0.205. The summed E-state index contributed by atoms with van der Waals surface area (Å²) in [6.07, 6.45) is 0.515. The molecule has 0 aromatic heterocycles. The molecule has 0 unspecified atom stereocenters. The number of ketones is 2. The summed E-state index contributed by atoms with van der Waals surface area (Å²) in [5.41, 5.74) is 2.77. The normalized spacial score (nSPS) is 10.6. The van der Waals surface area contributed by atoms with E-state index in [1.54, 1.807) is 24.3 Å². The molecule has 4 aromatic carbocycles. The zero-order valence-corrected chi connectivity index (χ0v) is 20.8. The molecule has 0 spiro atoms. The molecular formula is C28H20Br2O3. The van der Waals surface area contributed by atoms with E-state index in [2.05, 4.69) is 31.9 Å². The molecule has 4 aromatic rings. The third-order valence-electron chi connectivity index (χ3n) is 5.12. The van der Waals surface area contributed by atoms with E-state index in [0.29, 0.717) is 22.6 Å². The number of rotatable bonds is 8. The van der Waals surface area contributed by atoms with Crippen molar-refractivity contribution >= 4 is 43.4 Å². The molecule has 0 heterocycles. The number of carbonyl (C=O) groups excluding carboxylic acids is 2. The van der Waals surface area contributed by atoms with Gasteiger partial charge in [-0.3, -0.25) is 9.59 Å². The first-order valence-corrected chi connectivity index (χ1v) is 12.0. The monoisotopic (exact) mass is 562 g/mol. The minimum absolute atomic E-state index is 0.0632. The predicted molar refractivity (Wildman–Crippen MR) is 137 cm³/mol. The number of ether oxygens (including phenoxy) is 1. The van der Waals surface area contributed by atoms with E-state index in [0.717, 1.165) is 20.1 Å². The van der Waals surface area contributed by atoms with Gasteiger partial charge in [-0.1, -0.05) is 92.5 Å². The standard InChI is InChI=1S/C28H20Br2O3/c29-21-11-13-27(23(17-21)25(31)15-19-7-3-1-4-8-19)33-28-14-12-22(30)18-24(28)26(32)16-20-9-5-2-6-10-20/h1-14,17-18H,15-16H2. The SMILES string of the molecule is O=C(Cc1ccccc1)c1cc(Br)ccc1Oc1ccc(Br)cc1C(=O)Cc1ccccc1. The van der Waals surface area contributed by atoms with Crippen LogP contribution in [0.4, 0.5) is 0 Å². The van der Waals surface area contributed by atoms with Gasteiger partial charge in [-0.15, -0.1) is 0 Å². The maximum atomic E-state index is 13.1. The number of carbonyl (C=O) groups is 2. The van der Waals surface area contributed by atoms with Gasteiger partial charge in [0.1, 0.15) is 11.5 Å². The minimum atomic E-state index is -0.0632. The Balaban J connectivity index is 1.64. The fourth-order valence-electron chi connectivity index (χ4n) is 3.49. The second-order valence-electron chi connectivity index (χ2n) is 7.55. The molecule has 0 aliphatic carbocycles. The molecule has 0 radical (unpaired) electrons. The summed E-state index contributed by atoms with van der Waals surface area (Å²) in [5, 5.41) is 0. The van der Waals surface area contributed by atoms with Gasteiger partial charge in [0.05, 0.1) is 11.1 Å². The maximum Gasteiger partial charge on any atom is 0.171 e. The van der Waals surface area contributed by atoms with Crippen molar-refractivity contribution in [2.45, 2.75) is 12.8 Å². The van der Waals surface area contributed by atoms with Crippen LogP contribution in [0.25, 0.3) is 0 Å². The molecule has 0 atom stereocenters. The Hall–Kier alpha value is -3.02. The Labute approximate surface area is 209 Å². The van der Waals surface area contributed by atoms with Crippen LogP contribution >= 0.6 is 31.9 Å². The third-order valence-corrected chi connectivity index (χ3v) is 6.11. The van der Waals surface area contributed by atoms with Gasteiger partial charge >= 0.3 is 0 Å². The van der Waals surface area contributed by atoms with Crippen molar-refractivity contribution in [2.75, 3.05) is 0 Å². The second-order valence-corrected chi connectivity index (χ2v) is 9.39. The van der Waals surface area contributed by atoms with Crippen molar-refractivity contribution in [3.8, 4) is 11.5 Å². The maximum absolute atomic E-state index is 13.1. The van der Waals surface area contributed by atoms with Crippen LogP contribution in [0.1, 0.15) is 31.8 Å². The first kappa shape index (κ1) is 23.1. The summed E-state index contributed by atoms with van der Waals surface area (Å²) in [5.74, 6) is 0.698. The molecule has 4 rings (SSSR count). The average molecular weight is 564 g/mol. The zero-order chi connectivity index (χ0) is 23.2. The van der Waals surface area contributed by atoms with Crippen molar-refractivity contribution in [2.24, 2.45) is 0 Å². The Morgan fingerprint density at radius 1 is 0.576 bits per heavy atom. The highest BCUT2D eigenvalue weighted by Crippen LogP contribution is 2.33. The molecule has 3 nitrogen and oxygen atoms in total. The van der Waals surface area contributed by atoms with E-state index in [1.165, 1.54) is 0 Å². The fourth-order valence-corrected chi connectivity index (χ4v) is 4.21. The molecule has 0 amide bonds. The van der Waals surface area contributed by atoms with Gasteiger partial charge in [-0.25, -0.2) is 0 Å². The van der Waals surface area contributed by atoms with Crippen molar-refractivity contribution < 1.29 is 14.3 Å². The highest BCUT2D eigenvalue weighted by atomic mass is 79.9. The van der Waals surface area contributed by atoms with E-state index in [4.69, 9.17) is 4.74 Å². The molecule has 0 aliphatic heterocycles. The Morgan fingerprint density at radius 2 is 0.970 bits per heavy atom. The Morgan fingerprint density at radius 3 is 1.36 bits per heavy atom. The van der Waals surface area contributed by atoms with Crippen LogP contribution in [0.15, 0.2) is 106 Å². The van der Waals surface area contributed by atoms with Gasteiger partial charge in [-0.05, 0) is 47.5 Å². The summed E-state index contributed by atoms with van der Waals surface area (Å²) in [4.78, 5) is 26.2. The van der Waals surface area contributed by atoms with Gasteiger partial charge in [0.2, 0.25) is 0 Å². The number of halogens is 2. The van der Waals surface area contributed by atoms with Gasteiger partial charge in [0.15, 0.2) is 11.6 Å². The van der Waals surface area contributed by atoms with Crippen LogP contribution in [-0.4, -0.2) is 11.6 Å². The highest BCUT2D eigenvalue weighted by Gasteiger charge is 2.19. The van der Waals surface area contributed by atoms with Crippen molar-refractivity contribution in [3.05, 3.63) is 128 Å². The van der Waals surface area contributed by atoms with Gasteiger partial charge < -0.3 is 4.74 Å². The number of hydrogen-bond donors (Lipinski definition) is 0. The van der Waals surface area contributed by atoms with E-state index < -0.39 is 0 Å². The predicted octanol–water partition coefficient (Wildman–Crippen LogP) is 7.85. The number of Topliss-reactive ketones (excluding diaryl/α,β-unsaturated/α-hetero) is 2. The Kier molecular flexibility index (Phi) is 7.53. The lowest BCUT2D eigenvalue weighted by Crippen LogP contribution is -2.08. The van der Waals surface area contributed by atoms with E-state index >= 15 is 0 Å². The summed E-state index contributed by atoms with van der Waals surface area (Å²) in [6, 6.07) is 29.8. The lowest BCUT2D eigenvalue weighted by molar-refractivity contribution is 0.0985. The number of benzene rings is 4. The smallest absolute Gasteiger partial charge is 0.171 e. The topological polar surface area (TPSA) is 43.4 Å². The first-order chi connectivity index (χ1) is 16.0. The molecule has 0 fully saturated rings. The fraction of sp³-hybridized carbons (Fsp3) is 0.0714. The van der Waals surface area contributed by atoms with Crippen molar-refractivity contribution in [1.82, 2.24) is 0 Å². The van der Waals surface area contributed by atoms with Crippen LogP contribution in [0.5, 0.6) is 11.5 Å². The summed E-state index contributed by atoms with van der Waals surface area (Å²) < 4.78 is 7.75. The van der Waals surface area contributed by atoms with Crippen LogP contribution in [-0.2, 0) is 12.8 Å². The average Bonchev–Trinajstić information content (AvgIpc) is 2.82. The van der Waals surface area contributed by atoms with Crippen molar-refractivity contribution in [3.63, 3.8) is 0 Å². The molecule has 0 bridgehead atoms. The van der Waals surface area contributed by atoms with E-state index in [9.17, 15) is 9.59 Å². The van der Waals surface area contributed by atoms with Crippen LogP contribution in [0, 0.1) is 0 Å². The van der Waals surface area contributed by atoms with Crippen molar-refractivity contribution in [1.29, 1.82) is 0 Å². The molecule has 0 saturated carbocycles. The first-order valence-electron chi connectivity index (χ1n) is 10.4. The zero-order valence-electron chi connectivity index (χ0n) is 17.6. The molecule has 5 heteroatoms. The minimum Gasteiger partial charge on any atom is -0.456 e. The highest BCUT2D eigenvalue weighted by molar-refractivity contribution is 9.10. The summed E-state index contributed by atoms with van der Waals surface area (Å²) in [6.45, 7) is 0. The van der Waals surface area contributed by atoms with Gasteiger partial charge in [0.25, 0.3) is 0 Å². The molecule has 0 N–H and O–H groups in total. The summed E-state index contributed by atoms with van der Waals surface area (Å²) in [7, 11) is 0. The molecule has 0 saturated heterocycles. The van der Waals surface area contributed by atoms with E-state index in [1.807, 2.05) is 72.8 Å². The largest absolute Gasteiger partial charge is 0.456 e. The van der Waals surface area contributed by atoms with Crippen LogP contribution < -0.4 is 4.74 Å². The second kappa shape index (κ2) is 10.7. The summed E-state index contributed by atoms with van der Waals surface area (Å²) >= 11 is 6.90. The molecule has 0 aliphatic rings. The van der Waals surface area contributed by atoms with Gasteiger partial charge in [0, 0.05) is 21.8 Å². The molecular weight excluding hydrogens is 544 g/mol. The molecule has 164 valence electrons. The third kappa shape index (κ3) is 6.06. The lowest BCUT2D eigenvalue weighted by Gasteiger charge is -2.14. The Bertz CT molecular complexity index is 1180. The lowest BCUT2D eigenvalue weighted by atomic mass is 10.0. The molecule has 33 heavy (non-hydrogen) atoms. The van der Waals surface area contributed by atoms with Gasteiger partial charge in [-0.2, -0.15) is 0 Å². The number of hydrogen-bond acceptors (Lipinski definition) is 3. The van der Waals surface area contributed by atoms with Crippen LogP contribution in [0.3, 0.4) is 0 Å².